The topological polar surface area (TPSA) is 96.0 Å². The van der Waals surface area contributed by atoms with E-state index in [1.807, 2.05) is 6.92 Å². The molecular weight excluding hydrogens is 382 g/mol. The molecule has 0 bridgehead atoms. The van der Waals surface area contributed by atoms with E-state index in [0.717, 1.165) is 0 Å². The Hall–Kier alpha value is -2.13. The number of rotatable bonds is 5. The largest absolute Gasteiger partial charge is 0.489 e. The van der Waals surface area contributed by atoms with E-state index in [9.17, 15) is 18.0 Å². The zero-order chi connectivity index (χ0) is 20.3. The molecule has 1 aromatic carbocycles. The number of hydrogen-bond donors (Lipinski definition) is 1. The number of piperazine rings is 1. The first-order valence-corrected chi connectivity index (χ1v) is 11.5. The summed E-state index contributed by atoms with van der Waals surface area (Å²) in [7, 11) is -3.19. The van der Waals surface area contributed by atoms with Gasteiger partial charge in [-0.05, 0) is 31.4 Å². The molecule has 0 saturated carbocycles. The molecule has 2 fully saturated rings. The van der Waals surface area contributed by atoms with Gasteiger partial charge in [0, 0.05) is 26.2 Å². The SMILES string of the molecule is CCC1C(=O)NCCN1C(=O)c1ccccc1OC1CCN(S(C)(=O)=O)CC1. The molecule has 1 atom stereocenters. The standard InChI is InChI=1S/C19H27N3O5S/c1-3-16-18(23)20-10-13-22(16)19(24)15-6-4-5-7-17(15)27-14-8-11-21(12-9-14)28(2,25)26/h4-7,14,16H,3,8-13H2,1-2H3,(H,20,23). The van der Waals surface area contributed by atoms with Crippen molar-refractivity contribution in [2.24, 2.45) is 0 Å². The van der Waals surface area contributed by atoms with E-state index in [0.29, 0.717) is 56.8 Å². The minimum Gasteiger partial charge on any atom is -0.489 e. The van der Waals surface area contributed by atoms with Crippen LogP contribution in [-0.2, 0) is 14.8 Å². The van der Waals surface area contributed by atoms with E-state index in [1.165, 1.54) is 10.6 Å². The lowest BCUT2D eigenvalue weighted by molar-refractivity contribution is -0.127. The van der Waals surface area contributed by atoms with Gasteiger partial charge < -0.3 is 15.0 Å². The predicted molar refractivity (Wildman–Crippen MR) is 105 cm³/mol. The molecule has 1 N–H and O–H groups in total. The van der Waals surface area contributed by atoms with E-state index >= 15 is 0 Å². The van der Waals surface area contributed by atoms with Gasteiger partial charge in [0.2, 0.25) is 15.9 Å². The molecule has 2 aliphatic rings. The predicted octanol–water partition coefficient (Wildman–Crippen LogP) is 0.840. The molecule has 2 amide bonds. The molecule has 0 aliphatic carbocycles. The van der Waals surface area contributed by atoms with Gasteiger partial charge in [-0.1, -0.05) is 19.1 Å². The number of para-hydroxylation sites is 1. The van der Waals surface area contributed by atoms with Crippen LogP contribution in [0.4, 0.5) is 0 Å². The second-order valence-corrected chi connectivity index (χ2v) is 9.17. The molecule has 1 unspecified atom stereocenters. The Labute approximate surface area is 165 Å². The highest BCUT2D eigenvalue weighted by Gasteiger charge is 2.34. The van der Waals surface area contributed by atoms with Crippen molar-refractivity contribution in [3.63, 3.8) is 0 Å². The molecule has 28 heavy (non-hydrogen) atoms. The Kier molecular flexibility index (Phi) is 6.24. The Balaban J connectivity index is 1.73. The quantitative estimate of drug-likeness (QED) is 0.778. The van der Waals surface area contributed by atoms with Gasteiger partial charge in [0.15, 0.2) is 0 Å². The molecule has 2 aliphatic heterocycles. The number of benzene rings is 1. The second-order valence-electron chi connectivity index (χ2n) is 7.19. The van der Waals surface area contributed by atoms with Gasteiger partial charge in [-0.3, -0.25) is 9.59 Å². The van der Waals surface area contributed by atoms with E-state index in [2.05, 4.69) is 5.32 Å². The highest BCUT2D eigenvalue weighted by Crippen LogP contribution is 2.26. The minimum absolute atomic E-state index is 0.131. The van der Waals surface area contributed by atoms with Crippen molar-refractivity contribution in [2.45, 2.75) is 38.3 Å². The van der Waals surface area contributed by atoms with Crippen LogP contribution in [0.5, 0.6) is 5.75 Å². The van der Waals surface area contributed by atoms with E-state index in [-0.39, 0.29) is 17.9 Å². The lowest BCUT2D eigenvalue weighted by atomic mass is 10.1. The van der Waals surface area contributed by atoms with Crippen LogP contribution in [0.15, 0.2) is 24.3 Å². The van der Waals surface area contributed by atoms with Gasteiger partial charge >= 0.3 is 0 Å². The van der Waals surface area contributed by atoms with E-state index in [1.54, 1.807) is 29.2 Å². The Morgan fingerprint density at radius 1 is 1.21 bits per heavy atom. The molecule has 8 nitrogen and oxygen atoms in total. The number of piperidine rings is 1. The van der Waals surface area contributed by atoms with Gasteiger partial charge in [-0.25, -0.2) is 12.7 Å². The number of ether oxygens (including phenoxy) is 1. The maximum Gasteiger partial charge on any atom is 0.258 e. The summed E-state index contributed by atoms with van der Waals surface area (Å²) < 4.78 is 30.8. The van der Waals surface area contributed by atoms with Crippen molar-refractivity contribution in [1.82, 2.24) is 14.5 Å². The van der Waals surface area contributed by atoms with Gasteiger partial charge in [0.25, 0.3) is 5.91 Å². The Morgan fingerprint density at radius 2 is 1.89 bits per heavy atom. The minimum atomic E-state index is -3.19. The van der Waals surface area contributed by atoms with Crippen LogP contribution < -0.4 is 10.1 Å². The molecule has 0 aromatic heterocycles. The smallest absolute Gasteiger partial charge is 0.258 e. The number of sulfonamides is 1. The van der Waals surface area contributed by atoms with Crippen LogP contribution >= 0.6 is 0 Å². The third kappa shape index (κ3) is 4.47. The van der Waals surface area contributed by atoms with Gasteiger partial charge in [-0.2, -0.15) is 0 Å². The van der Waals surface area contributed by atoms with Crippen molar-refractivity contribution in [3.8, 4) is 5.75 Å². The van der Waals surface area contributed by atoms with Crippen LogP contribution in [0.25, 0.3) is 0 Å². The molecule has 3 rings (SSSR count). The second kappa shape index (κ2) is 8.48. The maximum absolute atomic E-state index is 13.1. The first kappa shape index (κ1) is 20.6. The van der Waals surface area contributed by atoms with Gasteiger partial charge in [0.05, 0.1) is 11.8 Å². The summed E-state index contributed by atoms with van der Waals surface area (Å²) >= 11 is 0. The number of amides is 2. The van der Waals surface area contributed by atoms with Gasteiger partial charge in [-0.15, -0.1) is 0 Å². The van der Waals surface area contributed by atoms with E-state index < -0.39 is 16.1 Å². The average Bonchev–Trinajstić information content (AvgIpc) is 2.67. The summed E-state index contributed by atoms with van der Waals surface area (Å²) in [6.07, 6.45) is 2.74. The van der Waals surface area contributed by atoms with Crippen molar-refractivity contribution in [3.05, 3.63) is 29.8 Å². The summed E-state index contributed by atoms with van der Waals surface area (Å²) in [6.45, 7) is 3.60. The Morgan fingerprint density at radius 3 is 2.54 bits per heavy atom. The highest BCUT2D eigenvalue weighted by atomic mass is 32.2. The fourth-order valence-electron chi connectivity index (χ4n) is 3.73. The molecular formula is C19H27N3O5S. The number of hydrogen-bond acceptors (Lipinski definition) is 5. The summed E-state index contributed by atoms with van der Waals surface area (Å²) in [5.74, 6) is 0.130. The fourth-order valence-corrected chi connectivity index (χ4v) is 4.60. The molecule has 0 radical (unpaired) electrons. The summed E-state index contributed by atoms with van der Waals surface area (Å²) in [5.41, 5.74) is 0.432. The summed E-state index contributed by atoms with van der Waals surface area (Å²) in [5, 5.41) is 2.80. The first-order chi connectivity index (χ1) is 13.3. The van der Waals surface area contributed by atoms with Crippen molar-refractivity contribution in [2.75, 3.05) is 32.4 Å². The van der Waals surface area contributed by atoms with Crippen molar-refractivity contribution >= 4 is 21.8 Å². The summed E-state index contributed by atoms with van der Waals surface area (Å²) in [4.78, 5) is 26.8. The average molecular weight is 410 g/mol. The third-order valence-electron chi connectivity index (χ3n) is 5.26. The monoisotopic (exact) mass is 409 g/mol. The molecule has 154 valence electrons. The lowest BCUT2D eigenvalue weighted by Gasteiger charge is -2.35. The van der Waals surface area contributed by atoms with Crippen LogP contribution in [0.1, 0.15) is 36.5 Å². The number of nitrogens with zero attached hydrogens (tertiary/aromatic N) is 2. The lowest BCUT2D eigenvalue weighted by Crippen LogP contribution is -2.56. The van der Waals surface area contributed by atoms with Crippen LogP contribution in [0, 0.1) is 0 Å². The van der Waals surface area contributed by atoms with Crippen LogP contribution in [0.2, 0.25) is 0 Å². The Bertz CT molecular complexity index is 834. The summed E-state index contributed by atoms with van der Waals surface area (Å²) in [6, 6.07) is 6.56. The van der Waals surface area contributed by atoms with E-state index in [4.69, 9.17) is 4.74 Å². The molecule has 2 saturated heterocycles. The first-order valence-electron chi connectivity index (χ1n) is 9.60. The highest BCUT2D eigenvalue weighted by molar-refractivity contribution is 7.88. The molecule has 2 heterocycles. The molecule has 1 aromatic rings. The number of carbonyl (C=O) groups excluding carboxylic acids is 2. The fraction of sp³-hybridized carbons (Fsp3) is 0.579. The van der Waals surface area contributed by atoms with Crippen LogP contribution in [0.3, 0.4) is 0 Å². The van der Waals surface area contributed by atoms with Crippen LogP contribution in [-0.4, -0.2) is 74.0 Å². The molecule has 0 spiro atoms. The number of carbonyl (C=O) groups is 2. The normalized spacial score (nSPS) is 22.0. The molecule has 9 heteroatoms. The number of nitrogens with one attached hydrogen (secondary N) is 1. The zero-order valence-electron chi connectivity index (χ0n) is 16.3. The zero-order valence-corrected chi connectivity index (χ0v) is 17.1. The van der Waals surface area contributed by atoms with Crippen molar-refractivity contribution in [1.29, 1.82) is 0 Å². The maximum atomic E-state index is 13.1. The third-order valence-corrected chi connectivity index (χ3v) is 6.56. The van der Waals surface area contributed by atoms with Crippen molar-refractivity contribution < 1.29 is 22.7 Å². The van der Waals surface area contributed by atoms with Gasteiger partial charge in [0.1, 0.15) is 17.9 Å².